The SMILES string of the molecule is CCCO[C@@H](CO[C@@H]1CCC[C@H](OCc2nc(-c3cccc(C)c3)oc2C)C1)C(=O)O. The minimum atomic E-state index is -0.983. The van der Waals surface area contributed by atoms with Crippen molar-refractivity contribution >= 4 is 5.97 Å². The van der Waals surface area contributed by atoms with Crippen LogP contribution in [0.1, 0.15) is 56.0 Å². The summed E-state index contributed by atoms with van der Waals surface area (Å²) in [5.74, 6) is 0.386. The standard InChI is InChI=1S/C24H33NO6/c1-4-11-28-22(24(26)27)15-30-20-10-6-9-19(13-20)29-14-21-17(3)31-23(25-21)18-8-5-7-16(2)12-18/h5,7-8,12,19-20,22H,4,6,9-11,13-15H2,1-3H3,(H,26,27)/t19-,20+,22-/m0/s1. The van der Waals surface area contributed by atoms with Crippen LogP contribution in [0.4, 0.5) is 0 Å². The molecule has 0 saturated heterocycles. The van der Waals surface area contributed by atoms with Crippen molar-refractivity contribution in [2.24, 2.45) is 0 Å². The normalized spacial score (nSPS) is 20.0. The van der Waals surface area contributed by atoms with E-state index in [0.717, 1.165) is 54.7 Å². The highest BCUT2D eigenvalue weighted by atomic mass is 16.6. The second-order valence-electron chi connectivity index (χ2n) is 8.14. The van der Waals surface area contributed by atoms with E-state index >= 15 is 0 Å². The van der Waals surface area contributed by atoms with Gasteiger partial charge < -0.3 is 23.7 Å². The van der Waals surface area contributed by atoms with Gasteiger partial charge in [-0.3, -0.25) is 0 Å². The van der Waals surface area contributed by atoms with Gasteiger partial charge in [-0.15, -0.1) is 0 Å². The molecule has 1 N–H and O–H groups in total. The lowest BCUT2D eigenvalue weighted by molar-refractivity contribution is -0.157. The first-order chi connectivity index (χ1) is 15.0. The monoisotopic (exact) mass is 431 g/mol. The van der Waals surface area contributed by atoms with Gasteiger partial charge in [0.2, 0.25) is 5.89 Å². The van der Waals surface area contributed by atoms with Crippen molar-refractivity contribution in [1.29, 1.82) is 0 Å². The molecule has 1 aliphatic carbocycles. The number of benzene rings is 1. The summed E-state index contributed by atoms with van der Waals surface area (Å²) in [4.78, 5) is 15.9. The number of hydrogen-bond acceptors (Lipinski definition) is 6. The van der Waals surface area contributed by atoms with Gasteiger partial charge in [0.25, 0.3) is 0 Å². The van der Waals surface area contributed by atoms with Crippen molar-refractivity contribution in [3.63, 3.8) is 0 Å². The van der Waals surface area contributed by atoms with Crippen molar-refractivity contribution in [2.75, 3.05) is 13.2 Å². The third kappa shape index (κ3) is 6.89. The highest BCUT2D eigenvalue weighted by molar-refractivity contribution is 5.72. The Bertz CT molecular complexity index is 848. The fraction of sp³-hybridized carbons (Fsp3) is 0.583. The molecular weight excluding hydrogens is 398 g/mol. The lowest BCUT2D eigenvalue weighted by Crippen LogP contribution is -2.34. The summed E-state index contributed by atoms with van der Waals surface area (Å²) in [7, 11) is 0. The Labute approximate surface area is 183 Å². The number of aryl methyl sites for hydroxylation is 2. The van der Waals surface area contributed by atoms with E-state index in [1.54, 1.807) is 0 Å². The maximum atomic E-state index is 11.3. The first kappa shape index (κ1) is 23.4. The lowest BCUT2D eigenvalue weighted by atomic mass is 9.95. The molecule has 3 atom stereocenters. The summed E-state index contributed by atoms with van der Waals surface area (Å²) in [6, 6.07) is 8.07. The Morgan fingerprint density at radius 3 is 2.74 bits per heavy atom. The Morgan fingerprint density at radius 1 is 1.26 bits per heavy atom. The summed E-state index contributed by atoms with van der Waals surface area (Å²) < 4.78 is 23.2. The molecule has 1 aromatic carbocycles. The largest absolute Gasteiger partial charge is 0.479 e. The molecule has 0 unspecified atom stereocenters. The first-order valence-corrected chi connectivity index (χ1v) is 11.1. The van der Waals surface area contributed by atoms with E-state index in [1.165, 1.54) is 0 Å². The molecule has 0 spiro atoms. The number of hydrogen-bond donors (Lipinski definition) is 1. The second-order valence-corrected chi connectivity index (χ2v) is 8.14. The van der Waals surface area contributed by atoms with Gasteiger partial charge in [-0.2, -0.15) is 0 Å². The van der Waals surface area contributed by atoms with Crippen LogP contribution in [0.5, 0.6) is 0 Å². The zero-order valence-corrected chi connectivity index (χ0v) is 18.6. The van der Waals surface area contributed by atoms with E-state index in [2.05, 4.69) is 4.98 Å². The molecule has 2 aromatic rings. The van der Waals surface area contributed by atoms with Gasteiger partial charge in [0.1, 0.15) is 11.5 Å². The highest BCUT2D eigenvalue weighted by Crippen LogP contribution is 2.27. The number of rotatable bonds is 11. The molecule has 1 fully saturated rings. The van der Waals surface area contributed by atoms with Crippen LogP contribution in [0.3, 0.4) is 0 Å². The molecule has 3 rings (SSSR count). The van der Waals surface area contributed by atoms with Crippen LogP contribution in [-0.4, -0.2) is 47.6 Å². The number of aliphatic carboxylic acids is 1. The van der Waals surface area contributed by atoms with E-state index in [1.807, 2.05) is 45.0 Å². The van der Waals surface area contributed by atoms with Gasteiger partial charge in [-0.25, -0.2) is 9.78 Å². The Kier molecular flexibility index (Phi) is 8.63. The van der Waals surface area contributed by atoms with Crippen LogP contribution in [0.25, 0.3) is 11.5 Å². The van der Waals surface area contributed by atoms with Crippen molar-refractivity contribution < 1.29 is 28.5 Å². The van der Waals surface area contributed by atoms with E-state index in [-0.39, 0.29) is 18.8 Å². The molecule has 1 saturated carbocycles. The summed E-state index contributed by atoms with van der Waals surface area (Å²) in [5.41, 5.74) is 2.92. The van der Waals surface area contributed by atoms with E-state index in [4.69, 9.17) is 18.6 Å². The lowest BCUT2D eigenvalue weighted by Gasteiger charge is -2.29. The zero-order valence-electron chi connectivity index (χ0n) is 18.6. The minimum absolute atomic E-state index is 0.0212. The summed E-state index contributed by atoms with van der Waals surface area (Å²) >= 11 is 0. The van der Waals surface area contributed by atoms with Crippen molar-refractivity contribution in [1.82, 2.24) is 4.98 Å². The van der Waals surface area contributed by atoms with Crippen LogP contribution in [0.15, 0.2) is 28.7 Å². The number of ether oxygens (including phenoxy) is 3. The third-order valence-corrected chi connectivity index (χ3v) is 5.47. The smallest absolute Gasteiger partial charge is 0.335 e. The molecule has 31 heavy (non-hydrogen) atoms. The molecular formula is C24H33NO6. The third-order valence-electron chi connectivity index (χ3n) is 5.47. The maximum absolute atomic E-state index is 11.3. The van der Waals surface area contributed by atoms with Crippen LogP contribution in [0, 0.1) is 13.8 Å². The topological polar surface area (TPSA) is 91.0 Å². The van der Waals surface area contributed by atoms with E-state index in [9.17, 15) is 9.90 Å². The fourth-order valence-corrected chi connectivity index (χ4v) is 3.74. The number of carboxylic acids is 1. The van der Waals surface area contributed by atoms with Crippen LogP contribution in [-0.2, 0) is 25.6 Å². The molecule has 1 aromatic heterocycles. The molecule has 7 nitrogen and oxygen atoms in total. The average molecular weight is 432 g/mol. The number of carbonyl (C=O) groups is 1. The van der Waals surface area contributed by atoms with Gasteiger partial charge in [0.15, 0.2) is 6.10 Å². The molecule has 0 radical (unpaired) electrons. The molecule has 0 amide bonds. The number of aromatic nitrogens is 1. The fourth-order valence-electron chi connectivity index (χ4n) is 3.74. The molecule has 1 heterocycles. The van der Waals surface area contributed by atoms with Gasteiger partial charge in [-0.1, -0.05) is 24.6 Å². The van der Waals surface area contributed by atoms with Gasteiger partial charge >= 0.3 is 5.97 Å². The van der Waals surface area contributed by atoms with Gasteiger partial charge in [0, 0.05) is 12.2 Å². The minimum Gasteiger partial charge on any atom is -0.479 e. The first-order valence-electron chi connectivity index (χ1n) is 11.1. The Morgan fingerprint density at radius 2 is 2.03 bits per heavy atom. The number of nitrogens with zero attached hydrogens (tertiary/aromatic N) is 1. The van der Waals surface area contributed by atoms with Crippen molar-refractivity contribution in [3.8, 4) is 11.5 Å². The van der Waals surface area contributed by atoms with Crippen LogP contribution >= 0.6 is 0 Å². The molecule has 170 valence electrons. The summed E-state index contributed by atoms with van der Waals surface area (Å²) in [5, 5.41) is 9.27. The van der Waals surface area contributed by atoms with Gasteiger partial charge in [0.05, 0.1) is 25.4 Å². The van der Waals surface area contributed by atoms with Crippen LogP contribution < -0.4 is 0 Å². The zero-order chi connectivity index (χ0) is 22.2. The quantitative estimate of drug-likeness (QED) is 0.552. The van der Waals surface area contributed by atoms with Crippen molar-refractivity contribution in [2.45, 2.75) is 77.8 Å². The average Bonchev–Trinajstić information content (AvgIpc) is 3.13. The Hall–Kier alpha value is -2.22. The predicted octanol–water partition coefficient (Wildman–Crippen LogP) is 4.68. The number of carboxylic acid groups (broad SMARTS) is 1. The van der Waals surface area contributed by atoms with Gasteiger partial charge in [-0.05, 0) is 58.1 Å². The molecule has 7 heteroatoms. The number of oxazole rings is 1. The van der Waals surface area contributed by atoms with E-state index in [0.29, 0.717) is 19.1 Å². The van der Waals surface area contributed by atoms with E-state index < -0.39 is 12.1 Å². The van der Waals surface area contributed by atoms with Crippen molar-refractivity contribution in [3.05, 3.63) is 41.3 Å². The predicted molar refractivity (Wildman–Crippen MR) is 116 cm³/mol. The molecule has 1 aliphatic rings. The Balaban J connectivity index is 1.50. The molecule has 0 aliphatic heterocycles. The molecule has 0 bridgehead atoms. The summed E-state index contributed by atoms with van der Waals surface area (Å²) in [6.45, 7) is 6.76. The maximum Gasteiger partial charge on any atom is 0.335 e. The highest BCUT2D eigenvalue weighted by Gasteiger charge is 2.26. The van der Waals surface area contributed by atoms with Crippen LogP contribution in [0.2, 0.25) is 0 Å². The summed E-state index contributed by atoms with van der Waals surface area (Å²) in [6.07, 6.45) is 3.47. The second kappa shape index (κ2) is 11.4.